The van der Waals surface area contributed by atoms with Crippen LogP contribution in [-0.2, 0) is 23.7 Å². The largest absolute Gasteiger partial charge is 0.399 e. The molecule has 0 bridgehead atoms. The maximum Gasteiger partial charge on any atom is 0.0499 e. The Balaban J connectivity index is 2.04. The summed E-state index contributed by atoms with van der Waals surface area (Å²) in [5.74, 6) is 0. The topological polar surface area (TPSA) is 52.0 Å². The van der Waals surface area contributed by atoms with E-state index >= 15 is 0 Å². The molecule has 0 spiro atoms. The monoisotopic (exact) mass is 448 g/mol. The Morgan fingerprint density at radius 3 is 1.78 bits per heavy atom. The Labute approximate surface area is 199 Å². The van der Waals surface area contributed by atoms with Gasteiger partial charge in [0.05, 0.1) is 0 Å². The van der Waals surface area contributed by atoms with Gasteiger partial charge < -0.3 is 11.5 Å². The van der Waals surface area contributed by atoms with Gasteiger partial charge in [0.2, 0.25) is 0 Å². The van der Waals surface area contributed by atoms with E-state index in [1.807, 2.05) is 6.07 Å². The summed E-state index contributed by atoms with van der Waals surface area (Å²) < 4.78 is 0. The molecule has 2 nitrogen and oxygen atoms in total. The van der Waals surface area contributed by atoms with E-state index in [9.17, 15) is 0 Å². The number of halogens is 1. The number of rotatable bonds is 6. The lowest BCUT2D eigenvalue weighted by Crippen LogP contribution is -2.23. The van der Waals surface area contributed by atoms with Crippen LogP contribution in [-0.4, -0.2) is 0 Å². The van der Waals surface area contributed by atoms with E-state index in [4.69, 9.17) is 23.1 Å². The van der Waals surface area contributed by atoms with E-state index in [1.165, 1.54) is 22.3 Å². The van der Waals surface area contributed by atoms with E-state index in [0.29, 0.717) is 0 Å². The van der Waals surface area contributed by atoms with Crippen molar-refractivity contribution in [3.8, 4) is 0 Å². The fourth-order valence-electron chi connectivity index (χ4n) is 4.57. The normalized spacial score (nSPS) is 12.2. The van der Waals surface area contributed by atoms with Crippen LogP contribution in [0, 0.1) is 6.92 Å². The fraction of sp³-hybridized carbons (Fsp3) is 0.379. The van der Waals surface area contributed by atoms with Crippen molar-refractivity contribution in [1.29, 1.82) is 0 Å². The second kappa shape index (κ2) is 8.83. The van der Waals surface area contributed by atoms with Crippen LogP contribution in [0.2, 0.25) is 5.02 Å². The summed E-state index contributed by atoms with van der Waals surface area (Å²) in [5, 5.41) is 0.800. The molecule has 0 fully saturated rings. The molecule has 0 heterocycles. The SMILES string of the molecule is CCc1cc(C(C)(C)c2ccc(C(C)(C)c3ccc(N)c(C)c3)cc2)c(Cl)c(CC)c1N. The number of aryl methyl sites for hydroxylation is 2. The molecule has 3 heteroatoms. The third-order valence-electron chi connectivity index (χ3n) is 7.22. The third-order valence-corrected chi connectivity index (χ3v) is 7.65. The van der Waals surface area contributed by atoms with Crippen molar-refractivity contribution in [2.24, 2.45) is 0 Å². The average molecular weight is 449 g/mol. The van der Waals surface area contributed by atoms with Gasteiger partial charge in [0.15, 0.2) is 0 Å². The first-order chi connectivity index (χ1) is 14.9. The fourth-order valence-corrected chi connectivity index (χ4v) is 5.10. The van der Waals surface area contributed by atoms with Gasteiger partial charge in [-0.2, -0.15) is 0 Å². The summed E-state index contributed by atoms with van der Waals surface area (Å²) in [5.41, 5.74) is 22.0. The van der Waals surface area contributed by atoms with Gasteiger partial charge in [-0.1, -0.05) is 95.6 Å². The Kier molecular flexibility index (Phi) is 6.67. The molecular weight excluding hydrogens is 412 g/mol. The minimum Gasteiger partial charge on any atom is -0.399 e. The minimum absolute atomic E-state index is 0.120. The van der Waals surface area contributed by atoms with Crippen LogP contribution < -0.4 is 11.5 Å². The van der Waals surface area contributed by atoms with Crippen LogP contribution >= 0.6 is 11.6 Å². The van der Waals surface area contributed by atoms with Gasteiger partial charge in [-0.25, -0.2) is 0 Å². The summed E-state index contributed by atoms with van der Waals surface area (Å²) in [6.45, 7) is 15.3. The summed E-state index contributed by atoms with van der Waals surface area (Å²) in [6, 6.07) is 17.5. The lowest BCUT2D eigenvalue weighted by Gasteiger charge is -2.31. The molecule has 170 valence electrons. The predicted molar refractivity (Wildman–Crippen MR) is 141 cm³/mol. The molecule has 0 radical (unpaired) electrons. The highest BCUT2D eigenvalue weighted by Gasteiger charge is 2.30. The molecule has 0 saturated heterocycles. The second-order valence-electron chi connectivity index (χ2n) is 9.90. The first kappa shape index (κ1) is 24.2. The maximum absolute atomic E-state index is 6.90. The van der Waals surface area contributed by atoms with Crippen molar-refractivity contribution < 1.29 is 0 Å². The highest BCUT2D eigenvalue weighted by Crippen LogP contribution is 2.42. The standard InChI is InChI=1S/C29H37ClN2/c1-8-19-17-24(26(30)23(9-2)27(19)32)29(6,7)21-12-10-20(11-13-21)28(4,5)22-14-15-25(31)18(3)16-22/h10-17H,8-9,31-32H2,1-7H3. The molecule has 3 aromatic carbocycles. The summed E-state index contributed by atoms with van der Waals surface area (Å²) in [7, 11) is 0. The zero-order valence-corrected chi connectivity index (χ0v) is 21.3. The quantitative estimate of drug-likeness (QED) is 0.381. The van der Waals surface area contributed by atoms with Crippen molar-refractivity contribution in [3.05, 3.63) is 92.5 Å². The van der Waals surface area contributed by atoms with E-state index in [1.54, 1.807) is 0 Å². The maximum atomic E-state index is 6.90. The molecule has 3 aromatic rings. The zero-order valence-electron chi connectivity index (χ0n) is 20.6. The number of benzene rings is 3. The van der Waals surface area contributed by atoms with E-state index < -0.39 is 0 Å². The van der Waals surface area contributed by atoms with Gasteiger partial charge in [0.25, 0.3) is 0 Å². The number of hydrogen-bond acceptors (Lipinski definition) is 2. The van der Waals surface area contributed by atoms with Crippen molar-refractivity contribution in [2.45, 2.75) is 72.1 Å². The smallest absolute Gasteiger partial charge is 0.0499 e. The lowest BCUT2D eigenvalue weighted by atomic mass is 9.73. The molecule has 3 rings (SSSR count). The van der Waals surface area contributed by atoms with Gasteiger partial charge in [-0.05, 0) is 64.8 Å². The highest BCUT2D eigenvalue weighted by molar-refractivity contribution is 6.32. The lowest BCUT2D eigenvalue weighted by molar-refractivity contribution is 0.625. The molecule has 0 atom stereocenters. The van der Waals surface area contributed by atoms with Gasteiger partial charge in [0, 0.05) is 27.2 Å². The number of nitrogen functional groups attached to an aromatic ring is 2. The molecule has 0 aliphatic heterocycles. The van der Waals surface area contributed by atoms with Gasteiger partial charge in [-0.3, -0.25) is 0 Å². The number of hydrogen-bond donors (Lipinski definition) is 2. The Morgan fingerprint density at radius 2 is 1.28 bits per heavy atom. The summed E-state index contributed by atoms with van der Waals surface area (Å²) in [4.78, 5) is 0. The molecule has 4 N–H and O–H groups in total. The molecule has 32 heavy (non-hydrogen) atoms. The van der Waals surface area contributed by atoms with Crippen molar-refractivity contribution in [3.63, 3.8) is 0 Å². The van der Waals surface area contributed by atoms with Crippen LogP contribution in [0.3, 0.4) is 0 Å². The van der Waals surface area contributed by atoms with Crippen LogP contribution in [0.15, 0.2) is 48.5 Å². The van der Waals surface area contributed by atoms with Crippen molar-refractivity contribution >= 4 is 23.0 Å². The third kappa shape index (κ3) is 4.13. The van der Waals surface area contributed by atoms with Crippen LogP contribution in [0.5, 0.6) is 0 Å². The molecule has 0 aromatic heterocycles. The van der Waals surface area contributed by atoms with E-state index in [0.717, 1.165) is 45.9 Å². The van der Waals surface area contributed by atoms with Gasteiger partial charge >= 0.3 is 0 Å². The van der Waals surface area contributed by atoms with Crippen LogP contribution in [0.1, 0.15) is 80.5 Å². The van der Waals surface area contributed by atoms with Gasteiger partial charge in [-0.15, -0.1) is 0 Å². The van der Waals surface area contributed by atoms with Crippen molar-refractivity contribution in [2.75, 3.05) is 11.5 Å². The summed E-state index contributed by atoms with van der Waals surface area (Å²) in [6.07, 6.45) is 1.73. The zero-order chi connectivity index (χ0) is 23.8. The Hall–Kier alpha value is -2.45. The molecule has 0 saturated carbocycles. The Morgan fingerprint density at radius 1 is 0.750 bits per heavy atom. The molecule has 0 aliphatic rings. The van der Waals surface area contributed by atoms with E-state index in [2.05, 4.69) is 90.9 Å². The second-order valence-corrected chi connectivity index (χ2v) is 10.3. The van der Waals surface area contributed by atoms with Crippen LogP contribution in [0.4, 0.5) is 11.4 Å². The average Bonchev–Trinajstić information content (AvgIpc) is 2.76. The first-order valence-corrected chi connectivity index (χ1v) is 11.9. The molecule has 0 aliphatic carbocycles. The molecular formula is C29H37ClN2. The molecule has 0 amide bonds. The van der Waals surface area contributed by atoms with Gasteiger partial charge in [0.1, 0.15) is 0 Å². The highest BCUT2D eigenvalue weighted by atomic mass is 35.5. The van der Waals surface area contributed by atoms with Crippen LogP contribution in [0.25, 0.3) is 0 Å². The first-order valence-electron chi connectivity index (χ1n) is 11.5. The van der Waals surface area contributed by atoms with E-state index in [-0.39, 0.29) is 10.8 Å². The summed E-state index contributed by atoms with van der Waals surface area (Å²) >= 11 is 6.90. The predicted octanol–water partition coefficient (Wildman–Crippen LogP) is 7.59. The molecule has 0 unspecified atom stereocenters. The number of anilines is 2. The van der Waals surface area contributed by atoms with Crippen molar-refractivity contribution in [1.82, 2.24) is 0 Å². The Bertz CT molecular complexity index is 1120. The minimum atomic E-state index is -0.237. The number of nitrogens with two attached hydrogens (primary N) is 2.